The highest BCUT2D eigenvalue weighted by Gasteiger charge is 2.34. The third kappa shape index (κ3) is 6.74. The van der Waals surface area contributed by atoms with Crippen LogP contribution in [0.25, 0.3) is 0 Å². The SMILES string of the molecule is Cc1ccc(NC(=S)N[C@H](NC(=O)c2cccc(I)c2)C(Cl)(Cl)Cl)cc1. The standard InChI is InChI=1S/C17H15Cl3IN3OS/c1-10-5-7-13(8-6-10)22-16(26)24-15(17(18,19)20)23-14(25)11-3-2-4-12(21)9-11/h2-9,15H,1H3,(H,23,25)(H2,22,24,26)/t15-/m0/s1. The Kier molecular flexibility index (Phi) is 7.78. The molecular weight excluding hydrogens is 528 g/mol. The third-order valence-electron chi connectivity index (χ3n) is 3.27. The van der Waals surface area contributed by atoms with E-state index in [0.717, 1.165) is 14.8 Å². The lowest BCUT2D eigenvalue weighted by Gasteiger charge is -2.27. The van der Waals surface area contributed by atoms with Gasteiger partial charge in [-0.2, -0.15) is 0 Å². The van der Waals surface area contributed by atoms with Gasteiger partial charge < -0.3 is 16.0 Å². The van der Waals surface area contributed by atoms with E-state index in [-0.39, 0.29) is 11.0 Å². The average molecular weight is 543 g/mol. The van der Waals surface area contributed by atoms with Crippen molar-refractivity contribution in [3.8, 4) is 0 Å². The van der Waals surface area contributed by atoms with Crippen LogP contribution in [-0.2, 0) is 0 Å². The van der Waals surface area contributed by atoms with Gasteiger partial charge in [-0.25, -0.2) is 0 Å². The molecule has 0 aliphatic heterocycles. The highest BCUT2D eigenvalue weighted by molar-refractivity contribution is 14.1. The first-order valence-corrected chi connectivity index (χ1v) is 10.0. The molecule has 3 N–H and O–H groups in total. The average Bonchev–Trinajstić information content (AvgIpc) is 2.55. The Morgan fingerprint density at radius 1 is 1.12 bits per heavy atom. The number of benzene rings is 2. The molecule has 0 saturated heterocycles. The van der Waals surface area contributed by atoms with Crippen molar-refractivity contribution in [2.24, 2.45) is 0 Å². The lowest BCUT2D eigenvalue weighted by molar-refractivity contribution is 0.0934. The molecule has 0 unspecified atom stereocenters. The van der Waals surface area contributed by atoms with Gasteiger partial charge in [-0.3, -0.25) is 4.79 Å². The maximum Gasteiger partial charge on any atom is 0.253 e. The zero-order valence-corrected chi connectivity index (χ0v) is 18.8. The number of hydrogen-bond acceptors (Lipinski definition) is 2. The van der Waals surface area contributed by atoms with Crippen LogP contribution in [0, 0.1) is 10.5 Å². The van der Waals surface area contributed by atoms with Crippen molar-refractivity contribution in [1.29, 1.82) is 0 Å². The first kappa shape index (κ1) is 21.5. The van der Waals surface area contributed by atoms with E-state index >= 15 is 0 Å². The van der Waals surface area contributed by atoms with E-state index in [1.165, 1.54) is 0 Å². The minimum absolute atomic E-state index is 0.216. The fourth-order valence-electron chi connectivity index (χ4n) is 1.98. The summed E-state index contributed by atoms with van der Waals surface area (Å²) < 4.78 is -0.887. The molecule has 2 aromatic rings. The van der Waals surface area contributed by atoms with Crippen LogP contribution >= 0.6 is 69.6 Å². The van der Waals surface area contributed by atoms with Gasteiger partial charge >= 0.3 is 0 Å². The molecule has 138 valence electrons. The lowest BCUT2D eigenvalue weighted by atomic mass is 10.2. The zero-order chi connectivity index (χ0) is 19.3. The molecule has 0 aliphatic carbocycles. The number of hydrogen-bond donors (Lipinski definition) is 3. The number of amides is 1. The fourth-order valence-corrected chi connectivity index (χ4v) is 3.09. The Labute approximate surface area is 186 Å². The van der Waals surface area contributed by atoms with E-state index < -0.39 is 9.96 Å². The predicted molar refractivity (Wildman–Crippen MR) is 121 cm³/mol. The molecule has 26 heavy (non-hydrogen) atoms. The Bertz CT molecular complexity index is 797. The summed E-state index contributed by atoms with van der Waals surface area (Å²) >= 11 is 25.4. The Balaban J connectivity index is 2.06. The normalized spacial score (nSPS) is 12.2. The van der Waals surface area contributed by atoms with Gasteiger partial charge in [0.15, 0.2) is 5.11 Å². The third-order valence-corrected chi connectivity index (χ3v) is 4.82. The van der Waals surface area contributed by atoms with Gasteiger partial charge in [0, 0.05) is 14.8 Å². The molecule has 2 aromatic carbocycles. The molecule has 0 radical (unpaired) electrons. The maximum atomic E-state index is 12.4. The maximum absolute atomic E-state index is 12.4. The summed E-state index contributed by atoms with van der Waals surface area (Å²) in [5.74, 6) is -0.384. The molecule has 1 amide bonds. The highest BCUT2D eigenvalue weighted by atomic mass is 127. The van der Waals surface area contributed by atoms with Gasteiger partial charge in [0.25, 0.3) is 5.91 Å². The molecule has 2 rings (SSSR count). The van der Waals surface area contributed by atoms with E-state index in [9.17, 15) is 4.79 Å². The number of aryl methyl sites for hydroxylation is 1. The van der Waals surface area contributed by atoms with Crippen molar-refractivity contribution < 1.29 is 4.79 Å². The van der Waals surface area contributed by atoms with Gasteiger partial charge in [0.2, 0.25) is 3.79 Å². The van der Waals surface area contributed by atoms with Crippen molar-refractivity contribution in [2.45, 2.75) is 16.9 Å². The summed E-state index contributed by atoms with van der Waals surface area (Å²) in [7, 11) is 0. The van der Waals surface area contributed by atoms with Crippen molar-refractivity contribution >= 4 is 86.3 Å². The Morgan fingerprint density at radius 2 is 1.77 bits per heavy atom. The minimum Gasteiger partial charge on any atom is -0.339 e. The molecule has 0 fully saturated rings. The molecule has 4 nitrogen and oxygen atoms in total. The molecule has 0 saturated carbocycles. The fraction of sp³-hybridized carbons (Fsp3) is 0.176. The molecule has 1 atom stereocenters. The van der Waals surface area contributed by atoms with Crippen LogP contribution in [0.3, 0.4) is 0 Å². The number of carbonyl (C=O) groups excluding carboxylic acids is 1. The number of anilines is 1. The van der Waals surface area contributed by atoms with Crippen LogP contribution in [0.5, 0.6) is 0 Å². The molecule has 0 heterocycles. The van der Waals surface area contributed by atoms with Crippen LogP contribution in [0.15, 0.2) is 48.5 Å². The van der Waals surface area contributed by atoms with Crippen LogP contribution in [0.4, 0.5) is 5.69 Å². The summed E-state index contributed by atoms with van der Waals surface area (Å²) in [5.41, 5.74) is 2.36. The van der Waals surface area contributed by atoms with Gasteiger partial charge in [0.05, 0.1) is 0 Å². The van der Waals surface area contributed by atoms with Crippen LogP contribution < -0.4 is 16.0 Å². The minimum atomic E-state index is -1.81. The summed E-state index contributed by atoms with van der Waals surface area (Å²) in [6.07, 6.45) is -1.02. The summed E-state index contributed by atoms with van der Waals surface area (Å²) in [6, 6.07) is 14.7. The van der Waals surface area contributed by atoms with Crippen molar-refractivity contribution in [2.75, 3.05) is 5.32 Å². The van der Waals surface area contributed by atoms with E-state index in [1.807, 2.05) is 37.3 Å². The number of alkyl halides is 3. The number of halogens is 4. The summed E-state index contributed by atoms with van der Waals surface area (Å²) in [5, 5.41) is 8.68. The second kappa shape index (κ2) is 9.41. The first-order chi connectivity index (χ1) is 12.1. The summed E-state index contributed by atoms with van der Waals surface area (Å²) in [4.78, 5) is 12.4. The van der Waals surface area contributed by atoms with Gasteiger partial charge in [0.1, 0.15) is 6.17 Å². The van der Waals surface area contributed by atoms with Crippen molar-refractivity contribution in [1.82, 2.24) is 10.6 Å². The van der Waals surface area contributed by atoms with Crippen LogP contribution in [-0.4, -0.2) is 21.0 Å². The van der Waals surface area contributed by atoms with E-state index in [0.29, 0.717) is 5.56 Å². The smallest absolute Gasteiger partial charge is 0.253 e. The zero-order valence-electron chi connectivity index (χ0n) is 13.5. The number of thiocarbonyl (C=S) groups is 1. The monoisotopic (exact) mass is 541 g/mol. The Morgan fingerprint density at radius 3 is 2.35 bits per heavy atom. The van der Waals surface area contributed by atoms with Gasteiger partial charge in [-0.15, -0.1) is 0 Å². The molecule has 0 aromatic heterocycles. The number of rotatable bonds is 4. The first-order valence-electron chi connectivity index (χ1n) is 7.42. The second-order valence-electron chi connectivity index (χ2n) is 5.42. The van der Waals surface area contributed by atoms with Crippen LogP contribution in [0.1, 0.15) is 15.9 Å². The second-order valence-corrected chi connectivity index (χ2v) is 9.45. The number of nitrogens with one attached hydrogen (secondary N) is 3. The van der Waals surface area contributed by atoms with E-state index in [2.05, 4.69) is 38.5 Å². The quantitative estimate of drug-likeness (QED) is 0.220. The Hall–Kier alpha value is -0.800. The number of carbonyl (C=O) groups is 1. The molecule has 0 bridgehead atoms. The highest BCUT2D eigenvalue weighted by Crippen LogP contribution is 2.29. The van der Waals surface area contributed by atoms with Crippen molar-refractivity contribution in [3.63, 3.8) is 0 Å². The molecule has 9 heteroatoms. The molecule has 0 spiro atoms. The molecular formula is C17H15Cl3IN3OS. The largest absolute Gasteiger partial charge is 0.339 e. The van der Waals surface area contributed by atoms with Gasteiger partial charge in [-0.05, 0) is 72.1 Å². The van der Waals surface area contributed by atoms with Crippen LogP contribution in [0.2, 0.25) is 0 Å². The lowest BCUT2D eigenvalue weighted by Crippen LogP contribution is -2.56. The predicted octanol–water partition coefficient (Wildman–Crippen LogP) is 5.01. The molecule has 0 aliphatic rings. The summed E-state index contributed by atoms with van der Waals surface area (Å²) in [6.45, 7) is 1.99. The van der Waals surface area contributed by atoms with Crippen molar-refractivity contribution in [3.05, 3.63) is 63.2 Å². The topological polar surface area (TPSA) is 53.2 Å². The van der Waals surface area contributed by atoms with Gasteiger partial charge in [-0.1, -0.05) is 58.6 Å². The van der Waals surface area contributed by atoms with E-state index in [1.54, 1.807) is 18.2 Å². The van der Waals surface area contributed by atoms with E-state index in [4.69, 9.17) is 47.0 Å².